The number of carbonyl (C=O) groups is 1. The van der Waals surface area contributed by atoms with Crippen molar-refractivity contribution < 1.29 is 9.53 Å². The summed E-state index contributed by atoms with van der Waals surface area (Å²) in [5, 5.41) is 3.29. The highest BCUT2D eigenvalue weighted by atomic mass is 16.5. The van der Waals surface area contributed by atoms with E-state index in [9.17, 15) is 4.79 Å². The molecule has 5 heteroatoms. The number of para-hydroxylation sites is 2. The van der Waals surface area contributed by atoms with Crippen LogP contribution >= 0.6 is 0 Å². The van der Waals surface area contributed by atoms with Crippen LogP contribution in [0.1, 0.15) is 25.2 Å². The Balaban J connectivity index is 1.87. The highest BCUT2D eigenvalue weighted by Gasteiger charge is 2.28. The average Bonchev–Trinajstić information content (AvgIpc) is 2.95. The van der Waals surface area contributed by atoms with Crippen molar-refractivity contribution in [1.82, 2.24) is 14.9 Å². The van der Waals surface area contributed by atoms with Crippen LogP contribution in [0.3, 0.4) is 0 Å². The van der Waals surface area contributed by atoms with E-state index in [2.05, 4.69) is 14.9 Å². The molecular weight excluding hydrogens is 242 g/mol. The number of hydrogen-bond acceptors (Lipinski definition) is 4. The summed E-state index contributed by atoms with van der Waals surface area (Å²) in [4.78, 5) is 16.1. The first-order chi connectivity index (χ1) is 9.16. The highest BCUT2D eigenvalue weighted by molar-refractivity contribution is 5.78. The lowest BCUT2D eigenvalue weighted by molar-refractivity contribution is -0.139. The Bertz CT molecular complexity index is 620. The average molecular weight is 259 g/mol. The summed E-state index contributed by atoms with van der Waals surface area (Å²) in [5.74, 6) is 0.770. The smallest absolute Gasteiger partial charge is 0.323 e. The predicted octanol–water partition coefficient (Wildman–Crippen LogP) is 1.54. The second-order valence-electron chi connectivity index (χ2n) is 4.91. The Labute approximate surface area is 111 Å². The summed E-state index contributed by atoms with van der Waals surface area (Å²) in [6.07, 6.45) is 0.729. The fraction of sp³-hybridized carbons (Fsp3) is 0.429. The molecule has 2 aromatic rings. The van der Waals surface area contributed by atoms with E-state index in [-0.39, 0.29) is 18.1 Å². The minimum Gasteiger partial charge on any atom is -0.464 e. The number of esters is 1. The number of rotatable bonds is 3. The molecule has 0 saturated carbocycles. The van der Waals surface area contributed by atoms with Gasteiger partial charge in [-0.25, -0.2) is 4.98 Å². The third-order valence-electron chi connectivity index (χ3n) is 3.60. The van der Waals surface area contributed by atoms with Crippen molar-refractivity contribution in [2.45, 2.75) is 25.4 Å². The number of aryl methyl sites for hydroxylation is 1. The van der Waals surface area contributed by atoms with Crippen LogP contribution in [-0.4, -0.2) is 28.2 Å². The third-order valence-corrected chi connectivity index (χ3v) is 3.60. The maximum atomic E-state index is 11.5. The first-order valence-electron chi connectivity index (χ1n) is 6.51. The maximum Gasteiger partial charge on any atom is 0.323 e. The number of fused-ring (bicyclic) bond motifs is 1. The molecule has 0 bridgehead atoms. The van der Waals surface area contributed by atoms with Gasteiger partial charge in [0.15, 0.2) is 0 Å². The molecule has 1 fully saturated rings. The van der Waals surface area contributed by atoms with E-state index >= 15 is 0 Å². The molecule has 0 aliphatic carbocycles. The summed E-state index contributed by atoms with van der Waals surface area (Å²) in [5.41, 5.74) is 2.07. The lowest BCUT2D eigenvalue weighted by Gasteiger charge is -2.16. The Hall–Kier alpha value is -1.88. The summed E-state index contributed by atoms with van der Waals surface area (Å²) in [6.45, 7) is 2.53. The number of cyclic esters (lactones) is 1. The molecule has 19 heavy (non-hydrogen) atoms. The highest BCUT2D eigenvalue weighted by Crippen LogP contribution is 2.20. The monoisotopic (exact) mass is 259 g/mol. The summed E-state index contributed by atoms with van der Waals surface area (Å²) in [6, 6.07) is 7.81. The van der Waals surface area contributed by atoms with Gasteiger partial charge in [-0.3, -0.25) is 10.1 Å². The molecule has 5 nitrogen and oxygen atoms in total. The van der Waals surface area contributed by atoms with Crippen molar-refractivity contribution in [1.29, 1.82) is 0 Å². The predicted molar refractivity (Wildman–Crippen MR) is 71.6 cm³/mol. The van der Waals surface area contributed by atoms with E-state index < -0.39 is 0 Å². The van der Waals surface area contributed by atoms with Crippen molar-refractivity contribution >= 4 is 17.0 Å². The van der Waals surface area contributed by atoms with Gasteiger partial charge in [-0.05, 0) is 19.1 Å². The first-order valence-corrected chi connectivity index (χ1v) is 6.51. The molecule has 100 valence electrons. The minimum absolute atomic E-state index is 0.00745. The number of nitrogens with one attached hydrogen (secondary N) is 1. The van der Waals surface area contributed by atoms with Gasteiger partial charge in [-0.1, -0.05) is 12.1 Å². The van der Waals surface area contributed by atoms with Gasteiger partial charge >= 0.3 is 5.97 Å². The van der Waals surface area contributed by atoms with Gasteiger partial charge in [0.25, 0.3) is 0 Å². The van der Waals surface area contributed by atoms with Crippen molar-refractivity contribution in [3.8, 4) is 0 Å². The normalized spacial score (nSPS) is 20.7. The van der Waals surface area contributed by atoms with Gasteiger partial charge in [0, 0.05) is 13.5 Å². The molecule has 3 rings (SSSR count). The van der Waals surface area contributed by atoms with E-state index in [1.54, 1.807) is 0 Å². The second-order valence-corrected chi connectivity index (χ2v) is 4.91. The first kappa shape index (κ1) is 12.2. The van der Waals surface area contributed by atoms with Gasteiger partial charge in [-0.15, -0.1) is 0 Å². The fourth-order valence-electron chi connectivity index (χ4n) is 2.57. The molecule has 0 radical (unpaired) electrons. The molecule has 1 aromatic heterocycles. The van der Waals surface area contributed by atoms with E-state index in [0.717, 1.165) is 23.3 Å². The lowest BCUT2D eigenvalue weighted by Crippen LogP contribution is -2.36. The zero-order chi connectivity index (χ0) is 13.4. The van der Waals surface area contributed by atoms with Crippen molar-refractivity contribution in [2.24, 2.45) is 7.05 Å². The molecule has 1 aromatic carbocycles. The third kappa shape index (κ3) is 2.10. The largest absolute Gasteiger partial charge is 0.464 e. The van der Waals surface area contributed by atoms with Crippen LogP contribution in [0.4, 0.5) is 0 Å². The van der Waals surface area contributed by atoms with Crippen LogP contribution in [0, 0.1) is 0 Å². The van der Waals surface area contributed by atoms with Crippen molar-refractivity contribution in [2.75, 3.05) is 6.61 Å². The van der Waals surface area contributed by atoms with Crippen LogP contribution < -0.4 is 5.32 Å². The summed E-state index contributed by atoms with van der Waals surface area (Å²) < 4.78 is 7.03. The van der Waals surface area contributed by atoms with Crippen LogP contribution in [0.25, 0.3) is 11.0 Å². The number of hydrogen-bond donors (Lipinski definition) is 1. The van der Waals surface area contributed by atoms with E-state index in [4.69, 9.17) is 4.74 Å². The number of benzene rings is 1. The fourth-order valence-corrected chi connectivity index (χ4v) is 2.57. The molecule has 1 saturated heterocycles. The number of nitrogens with zero attached hydrogens (tertiary/aromatic N) is 2. The van der Waals surface area contributed by atoms with E-state index in [0.29, 0.717) is 6.61 Å². The molecule has 2 unspecified atom stereocenters. The van der Waals surface area contributed by atoms with Crippen LogP contribution in [0.15, 0.2) is 24.3 Å². The Kier molecular flexibility index (Phi) is 2.98. The zero-order valence-electron chi connectivity index (χ0n) is 11.1. The number of ether oxygens (including phenoxy) is 1. The Morgan fingerprint density at radius 1 is 1.47 bits per heavy atom. The summed E-state index contributed by atoms with van der Waals surface area (Å²) >= 11 is 0. The van der Waals surface area contributed by atoms with E-state index in [1.165, 1.54) is 0 Å². The standard InChI is InChI=1S/C14H17N3O2/c1-9(15-11-7-8-19-14(11)18)13-16-10-5-3-4-6-12(10)17(13)2/h3-6,9,11,15H,7-8H2,1-2H3. The number of imidazole rings is 1. The molecule has 1 N–H and O–H groups in total. The topological polar surface area (TPSA) is 56.1 Å². The molecule has 0 amide bonds. The van der Waals surface area contributed by atoms with Crippen LogP contribution in [0.5, 0.6) is 0 Å². The van der Waals surface area contributed by atoms with Gasteiger partial charge in [0.05, 0.1) is 23.7 Å². The van der Waals surface area contributed by atoms with Crippen molar-refractivity contribution in [3.63, 3.8) is 0 Å². The minimum atomic E-state index is -0.213. The Morgan fingerprint density at radius 2 is 2.26 bits per heavy atom. The Morgan fingerprint density at radius 3 is 2.95 bits per heavy atom. The van der Waals surface area contributed by atoms with E-state index in [1.807, 2.05) is 38.2 Å². The number of carbonyl (C=O) groups excluding carboxylic acids is 1. The zero-order valence-corrected chi connectivity index (χ0v) is 11.1. The van der Waals surface area contributed by atoms with Gasteiger partial charge in [0.1, 0.15) is 11.9 Å². The van der Waals surface area contributed by atoms with Crippen LogP contribution in [0.2, 0.25) is 0 Å². The number of aromatic nitrogens is 2. The SMILES string of the molecule is CC(NC1CCOC1=O)c1nc2ccccc2n1C. The maximum absolute atomic E-state index is 11.5. The quantitative estimate of drug-likeness (QED) is 0.849. The molecule has 1 aliphatic rings. The molecule has 0 spiro atoms. The lowest BCUT2D eigenvalue weighted by atomic mass is 10.2. The van der Waals surface area contributed by atoms with Gasteiger partial charge in [-0.2, -0.15) is 0 Å². The molecule has 1 aliphatic heterocycles. The molecule has 2 heterocycles. The van der Waals surface area contributed by atoms with Gasteiger partial charge < -0.3 is 9.30 Å². The molecule has 2 atom stereocenters. The van der Waals surface area contributed by atoms with Gasteiger partial charge in [0.2, 0.25) is 0 Å². The second kappa shape index (κ2) is 4.66. The summed E-state index contributed by atoms with van der Waals surface area (Å²) in [7, 11) is 2.00. The van der Waals surface area contributed by atoms with Crippen molar-refractivity contribution in [3.05, 3.63) is 30.1 Å². The van der Waals surface area contributed by atoms with Crippen LogP contribution in [-0.2, 0) is 16.6 Å². The molecular formula is C14H17N3O2.